The van der Waals surface area contributed by atoms with Crippen LogP contribution < -0.4 is 5.32 Å². The van der Waals surface area contributed by atoms with Gasteiger partial charge in [-0.25, -0.2) is 9.59 Å². The number of rotatable bonds is 4. The molecule has 1 fully saturated rings. The molecule has 2 N–H and O–H groups in total. The zero-order valence-electron chi connectivity index (χ0n) is 11.5. The summed E-state index contributed by atoms with van der Waals surface area (Å²) < 4.78 is 0. The Morgan fingerprint density at radius 3 is 2.56 bits per heavy atom. The van der Waals surface area contributed by atoms with E-state index in [-0.39, 0.29) is 18.0 Å². The second-order valence-corrected chi connectivity index (χ2v) is 5.51. The molecule has 0 aromatic heterocycles. The Kier molecular flexibility index (Phi) is 5.44. The lowest BCUT2D eigenvalue weighted by Gasteiger charge is -2.34. The highest BCUT2D eigenvalue weighted by Crippen LogP contribution is 2.16. The van der Waals surface area contributed by atoms with Gasteiger partial charge in [0.05, 0.1) is 0 Å². The third kappa shape index (κ3) is 4.20. The highest BCUT2D eigenvalue weighted by molar-refractivity contribution is 5.82. The molecular formula is C13H24N2O3. The molecule has 0 radical (unpaired) electrons. The van der Waals surface area contributed by atoms with E-state index in [4.69, 9.17) is 5.11 Å². The second kappa shape index (κ2) is 6.61. The van der Waals surface area contributed by atoms with Gasteiger partial charge in [0.1, 0.15) is 6.04 Å². The van der Waals surface area contributed by atoms with Gasteiger partial charge in [-0.15, -0.1) is 0 Å². The number of aliphatic carboxylic acids is 1. The van der Waals surface area contributed by atoms with Crippen molar-refractivity contribution in [1.82, 2.24) is 10.2 Å². The van der Waals surface area contributed by atoms with E-state index >= 15 is 0 Å². The summed E-state index contributed by atoms with van der Waals surface area (Å²) in [5.74, 6) is -0.716. The van der Waals surface area contributed by atoms with Crippen molar-refractivity contribution >= 4 is 12.0 Å². The molecule has 1 aliphatic rings. The van der Waals surface area contributed by atoms with Crippen LogP contribution in [-0.2, 0) is 4.79 Å². The predicted octanol–water partition coefficient (Wildman–Crippen LogP) is 2.07. The number of piperidine rings is 1. The van der Waals surface area contributed by atoms with Gasteiger partial charge in [0.25, 0.3) is 0 Å². The minimum atomic E-state index is -0.957. The van der Waals surface area contributed by atoms with E-state index in [2.05, 4.69) is 5.32 Å². The van der Waals surface area contributed by atoms with E-state index in [0.717, 1.165) is 25.8 Å². The van der Waals surface area contributed by atoms with Gasteiger partial charge in [-0.1, -0.05) is 13.8 Å². The fourth-order valence-corrected chi connectivity index (χ4v) is 2.32. The first kappa shape index (κ1) is 14.8. The van der Waals surface area contributed by atoms with Crippen molar-refractivity contribution in [2.24, 2.45) is 5.92 Å². The van der Waals surface area contributed by atoms with Crippen LogP contribution in [-0.4, -0.2) is 40.6 Å². The standard InChI is InChI=1S/C13H24N2O3/c1-9(2)8-11(12(16)17)14-13(18)15-7-5-4-6-10(15)3/h9-11H,4-8H2,1-3H3,(H,14,18)(H,16,17)/t10-,11-/m0/s1. The number of urea groups is 1. The number of likely N-dealkylation sites (tertiary alicyclic amines) is 1. The normalized spacial score (nSPS) is 21.8. The third-order valence-electron chi connectivity index (χ3n) is 3.37. The van der Waals surface area contributed by atoms with E-state index in [1.54, 1.807) is 4.90 Å². The number of hydrogen-bond donors (Lipinski definition) is 2. The van der Waals surface area contributed by atoms with Crippen LogP contribution in [0, 0.1) is 5.92 Å². The van der Waals surface area contributed by atoms with Crippen molar-refractivity contribution < 1.29 is 14.7 Å². The summed E-state index contributed by atoms with van der Waals surface area (Å²) in [5, 5.41) is 11.7. The fourth-order valence-electron chi connectivity index (χ4n) is 2.32. The number of nitrogens with zero attached hydrogens (tertiary/aromatic N) is 1. The molecule has 18 heavy (non-hydrogen) atoms. The summed E-state index contributed by atoms with van der Waals surface area (Å²) in [6.07, 6.45) is 3.59. The Morgan fingerprint density at radius 2 is 2.06 bits per heavy atom. The average molecular weight is 256 g/mol. The summed E-state index contributed by atoms with van der Waals surface area (Å²) in [5.41, 5.74) is 0. The summed E-state index contributed by atoms with van der Waals surface area (Å²) in [6, 6.07) is -0.825. The molecule has 0 bridgehead atoms. The van der Waals surface area contributed by atoms with Crippen LogP contribution in [0.5, 0.6) is 0 Å². The number of carbonyl (C=O) groups is 2. The topological polar surface area (TPSA) is 69.6 Å². The summed E-state index contributed by atoms with van der Waals surface area (Å²) in [4.78, 5) is 24.9. The Bertz CT molecular complexity index is 305. The monoisotopic (exact) mass is 256 g/mol. The first-order valence-corrected chi connectivity index (χ1v) is 6.71. The van der Waals surface area contributed by atoms with E-state index < -0.39 is 12.0 Å². The van der Waals surface area contributed by atoms with Crippen LogP contribution >= 0.6 is 0 Å². The molecule has 5 heteroatoms. The summed E-state index contributed by atoms with van der Waals surface area (Å²) >= 11 is 0. The molecule has 104 valence electrons. The molecule has 1 aliphatic heterocycles. The van der Waals surface area contributed by atoms with Crippen LogP contribution in [0.4, 0.5) is 4.79 Å². The zero-order chi connectivity index (χ0) is 13.7. The second-order valence-electron chi connectivity index (χ2n) is 5.51. The molecule has 0 spiro atoms. The van der Waals surface area contributed by atoms with Gasteiger partial charge in [0.2, 0.25) is 0 Å². The van der Waals surface area contributed by atoms with Crippen LogP contribution in [0.3, 0.4) is 0 Å². The van der Waals surface area contributed by atoms with Gasteiger partial charge in [0, 0.05) is 12.6 Å². The summed E-state index contributed by atoms with van der Waals surface area (Å²) in [7, 11) is 0. The van der Waals surface area contributed by atoms with Crippen LogP contribution in [0.15, 0.2) is 0 Å². The maximum atomic E-state index is 12.1. The third-order valence-corrected chi connectivity index (χ3v) is 3.37. The van der Waals surface area contributed by atoms with Gasteiger partial charge >= 0.3 is 12.0 Å². The van der Waals surface area contributed by atoms with Crippen LogP contribution in [0.1, 0.15) is 46.5 Å². The lowest BCUT2D eigenvalue weighted by atomic mass is 10.0. The van der Waals surface area contributed by atoms with Gasteiger partial charge < -0.3 is 15.3 Å². The Balaban J connectivity index is 2.57. The number of hydrogen-bond acceptors (Lipinski definition) is 2. The molecule has 1 saturated heterocycles. The Labute approximate surface area is 109 Å². The molecule has 0 saturated carbocycles. The first-order valence-electron chi connectivity index (χ1n) is 6.71. The molecule has 0 aromatic carbocycles. The smallest absolute Gasteiger partial charge is 0.326 e. The number of amides is 2. The Hall–Kier alpha value is -1.26. The molecule has 0 aromatic rings. The maximum absolute atomic E-state index is 12.1. The minimum Gasteiger partial charge on any atom is -0.480 e. The molecule has 0 unspecified atom stereocenters. The average Bonchev–Trinajstić information content (AvgIpc) is 2.27. The quantitative estimate of drug-likeness (QED) is 0.809. The number of carboxylic acid groups (broad SMARTS) is 1. The minimum absolute atomic E-state index is 0.201. The van der Waals surface area contributed by atoms with Crippen molar-refractivity contribution in [3.05, 3.63) is 0 Å². The fraction of sp³-hybridized carbons (Fsp3) is 0.846. The van der Waals surface area contributed by atoms with Crippen molar-refractivity contribution in [2.75, 3.05) is 6.54 Å². The molecule has 5 nitrogen and oxygen atoms in total. The van der Waals surface area contributed by atoms with Crippen LogP contribution in [0.25, 0.3) is 0 Å². The van der Waals surface area contributed by atoms with E-state index in [1.165, 1.54) is 0 Å². The van der Waals surface area contributed by atoms with Gasteiger partial charge in [-0.3, -0.25) is 0 Å². The highest BCUT2D eigenvalue weighted by Gasteiger charge is 2.27. The van der Waals surface area contributed by atoms with E-state index in [1.807, 2.05) is 20.8 Å². The zero-order valence-corrected chi connectivity index (χ0v) is 11.5. The predicted molar refractivity (Wildman–Crippen MR) is 69.4 cm³/mol. The van der Waals surface area contributed by atoms with Gasteiger partial charge in [0.15, 0.2) is 0 Å². The molecule has 1 heterocycles. The van der Waals surface area contributed by atoms with Crippen LogP contribution in [0.2, 0.25) is 0 Å². The number of carboxylic acids is 1. The molecule has 2 atom stereocenters. The van der Waals surface area contributed by atoms with Gasteiger partial charge in [-0.2, -0.15) is 0 Å². The number of carbonyl (C=O) groups excluding carboxylic acids is 1. The van der Waals surface area contributed by atoms with Gasteiger partial charge in [-0.05, 0) is 38.5 Å². The molecule has 2 amide bonds. The number of nitrogens with one attached hydrogen (secondary N) is 1. The van der Waals surface area contributed by atoms with E-state index in [0.29, 0.717) is 6.42 Å². The highest BCUT2D eigenvalue weighted by atomic mass is 16.4. The summed E-state index contributed by atoms with van der Waals surface area (Å²) in [6.45, 7) is 6.63. The van der Waals surface area contributed by atoms with Crippen molar-refractivity contribution in [2.45, 2.75) is 58.5 Å². The Morgan fingerprint density at radius 1 is 1.39 bits per heavy atom. The lowest BCUT2D eigenvalue weighted by molar-refractivity contribution is -0.139. The SMILES string of the molecule is CC(C)C[C@H](NC(=O)N1CCCC[C@@H]1C)C(=O)O. The van der Waals surface area contributed by atoms with Crippen molar-refractivity contribution in [3.63, 3.8) is 0 Å². The first-order chi connectivity index (χ1) is 8.41. The van der Waals surface area contributed by atoms with Crippen molar-refractivity contribution in [1.29, 1.82) is 0 Å². The maximum Gasteiger partial charge on any atom is 0.326 e. The van der Waals surface area contributed by atoms with E-state index in [9.17, 15) is 9.59 Å². The van der Waals surface area contributed by atoms with Crippen molar-refractivity contribution in [3.8, 4) is 0 Å². The lowest BCUT2D eigenvalue weighted by Crippen LogP contribution is -2.52. The molecular weight excluding hydrogens is 232 g/mol. The molecule has 1 rings (SSSR count). The largest absolute Gasteiger partial charge is 0.480 e. The molecule has 0 aliphatic carbocycles.